The quantitative estimate of drug-likeness (QED) is 0.798. The molecule has 136 valence electrons. The van der Waals surface area contributed by atoms with E-state index in [1.165, 1.54) is 12.8 Å². The predicted molar refractivity (Wildman–Crippen MR) is 101 cm³/mol. The number of nitrogens with one attached hydrogen (secondary N) is 1. The third-order valence-corrected chi connectivity index (χ3v) is 4.26. The molecule has 0 radical (unpaired) electrons. The van der Waals surface area contributed by atoms with Gasteiger partial charge in [-0.3, -0.25) is 14.8 Å². The van der Waals surface area contributed by atoms with Crippen LogP contribution in [0.2, 0.25) is 0 Å². The summed E-state index contributed by atoms with van der Waals surface area (Å²) in [6, 6.07) is 3.86. The fourth-order valence-corrected chi connectivity index (χ4v) is 2.71. The number of amides is 1. The molecule has 25 heavy (non-hydrogen) atoms. The maximum absolute atomic E-state index is 12.1. The molecule has 0 atom stereocenters. The van der Waals surface area contributed by atoms with E-state index >= 15 is 0 Å². The van der Waals surface area contributed by atoms with Crippen LogP contribution >= 0.6 is 0 Å². The number of rotatable bonds is 8. The lowest BCUT2D eigenvalue weighted by atomic mass is 10.1. The van der Waals surface area contributed by atoms with Crippen LogP contribution in [0.3, 0.4) is 0 Å². The van der Waals surface area contributed by atoms with Crippen LogP contribution in [0.4, 0.5) is 5.82 Å². The molecule has 0 aromatic carbocycles. The first kappa shape index (κ1) is 19.1. The Bertz CT molecular complexity index is 677. The second-order valence-corrected chi connectivity index (χ2v) is 6.82. The molecular formula is C19H29N5O. The highest BCUT2D eigenvalue weighted by molar-refractivity contribution is 5.93. The monoisotopic (exact) mass is 343 g/mol. The molecule has 1 amide bonds. The molecule has 2 aromatic heterocycles. The molecule has 0 aliphatic heterocycles. The van der Waals surface area contributed by atoms with Crippen LogP contribution < -0.4 is 4.90 Å². The van der Waals surface area contributed by atoms with Crippen molar-refractivity contribution in [3.63, 3.8) is 0 Å². The molecule has 0 unspecified atom stereocenters. The number of H-pyrrole nitrogens is 1. The second kappa shape index (κ2) is 8.76. The van der Waals surface area contributed by atoms with Crippen molar-refractivity contribution in [1.82, 2.24) is 20.1 Å². The number of aromatic nitrogens is 3. The van der Waals surface area contributed by atoms with E-state index in [4.69, 9.17) is 0 Å². The number of pyridine rings is 1. The minimum absolute atomic E-state index is 0.0515. The van der Waals surface area contributed by atoms with Crippen molar-refractivity contribution in [3.8, 4) is 11.3 Å². The molecule has 6 nitrogen and oxygen atoms in total. The van der Waals surface area contributed by atoms with Gasteiger partial charge in [-0.25, -0.2) is 4.98 Å². The summed E-state index contributed by atoms with van der Waals surface area (Å²) in [6.45, 7) is 7.89. The third-order valence-electron chi connectivity index (χ3n) is 4.26. The van der Waals surface area contributed by atoms with Gasteiger partial charge in [0.25, 0.3) is 0 Å². The summed E-state index contributed by atoms with van der Waals surface area (Å²) in [5.74, 6) is 0.660. The molecule has 6 heteroatoms. The Morgan fingerprint density at radius 3 is 2.60 bits per heavy atom. The van der Waals surface area contributed by atoms with Crippen LogP contribution in [0.1, 0.15) is 39.2 Å². The van der Waals surface area contributed by atoms with Gasteiger partial charge in [0.05, 0.1) is 11.9 Å². The van der Waals surface area contributed by atoms with E-state index in [1.807, 2.05) is 32.2 Å². The molecule has 2 rings (SSSR count). The summed E-state index contributed by atoms with van der Waals surface area (Å²) in [5.41, 5.74) is 3.12. The molecule has 0 fully saturated rings. The number of unbranched alkanes of at least 4 members (excludes halogenated alkanes) is 1. The smallest absolute Gasteiger partial charge is 0.230 e. The van der Waals surface area contributed by atoms with Crippen LogP contribution in [0.25, 0.3) is 11.3 Å². The Balaban J connectivity index is 2.13. The minimum Gasteiger partial charge on any atom is -0.302 e. The van der Waals surface area contributed by atoms with E-state index in [0.717, 1.165) is 29.9 Å². The standard InChI is InChI=1S/C19H29N5O/c1-6-7-10-23(4)13-16-12-21-22-18(16)15-8-9-17(20-11-15)24(5)19(25)14(2)3/h8-9,11-12,14H,6-7,10,13H2,1-5H3,(H,21,22). The van der Waals surface area contributed by atoms with Gasteiger partial charge in [-0.2, -0.15) is 5.10 Å². The summed E-state index contributed by atoms with van der Waals surface area (Å²) >= 11 is 0. The molecule has 2 aromatic rings. The first-order chi connectivity index (χ1) is 11.9. The minimum atomic E-state index is -0.0515. The van der Waals surface area contributed by atoms with E-state index in [9.17, 15) is 4.79 Å². The van der Waals surface area contributed by atoms with E-state index in [0.29, 0.717) is 5.82 Å². The first-order valence-corrected chi connectivity index (χ1v) is 8.88. The average Bonchev–Trinajstić information content (AvgIpc) is 3.06. The summed E-state index contributed by atoms with van der Waals surface area (Å²) in [7, 11) is 3.88. The Morgan fingerprint density at radius 1 is 1.24 bits per heavy atom. The third kappa shape index (κ3) is 4.89. The summed E-state index contributed by atoms with van der Waals surface area (Å²) in [4.78, 5) is 20.4. The molecule has 2 heterocycles. The lowest BCUT2D eigenvalue weighted by molar-refractivity contribution is -0.121. The molecule has 0 bridgehead atoms. The summed E-state index contributed by atoms with van der Waals surface area (Å²) < 4.78 is 0. The summed E-state index contributed by atoms with van der Waals surface area (Å²) in [5, 5.41) is 7.27. The van der Waals surface area contributed by atoms with Gasteiger partial charge in [-0.05, 0) is 32.1 Å². The van der Waals surface area contributed by atoms with Crippen LogP contribution in [-0.4, -0.2) is 46.6 Å². The SMILES string of the molecule is CCCCN(C)Cc1cn[nH]c1-c1ccc(N(C)C(=O)C(C)C)nc1. The average molecular weight is 343 g/mol. The number of hydrogen-bond donors (Lipinski definition) is 1. The number of nitrogens with zero attached hydrogens (tertiary/aromatic N) is 4. The Morgan fingerprint density at radius 2 is 2.00 bits per heavy atom. The number of anilines is 1. The van der Waals surface area contributed by atoms with Crippen molar-refractivity contribution in [1.29, 1.82) is 0 Å². The molecule has 0 saturated heterocycles. The predicted octanol–water partition coefficient (Wildman–Crippen LogP) is 3.32. The molecule has 0 spiro atoms. The van der Waals surface area contributed by atoms with Gasteiger partial charge >= 0.3 is 0 Å². The zero-order valence-corrected chi connectivity index (χ0v) is 15.9. The largest absolute Gasteiger partial charge is 0.302 e. The lowest BCUT2D eigenvalue weighted by Crippen LogP contribution is -2.30. The van der Waals surface area contributed by atoms with Gasteiger partial charge in [-0.15, -0.1) is 0 Å². The Hall–Kier alpha value is -2.21. The van der Waals surface area contributed by atoms with Gasteiger partial charge in [-0.1, -0.05) is 27.2 Å². The number of carbonyl (C=O) groups excluding carboxylic acids is 1. The van der Waals surface area contributed by atoms with Crippen molar-refractivity contribution in [2.24, 2.45) is 5.92 Å². The van der Waals surface area contributed by atoms with Crippen molar-refractivity contribution >= 4 is 11.7 Å². The first-order valence-electron chi connectivity index (χ1n) is 8.88. The van der Waals surface area contributed by atoms with E-state index in [2.05, 4.69) is 34.1 Å². The van der Waals surface area contributed by atoms with E-state index in [-0.39, 0.29) is 11.8 Å². The highest BCUT2D eigenvalue weighted by Crippen LogP contribution is 2.23. The zero-order valence-electron chi connectivity index (χ0n) is 15.9. The van der Waals surface area contributed by atoms with E-state index < -0.39 is 0 Å². The van der Waals surface area contributed by atoms with Crippen LogP contribution in [-0.2, 0) is 11.3 Å². The van der Waals surface area contributed by atoms with Crippen molar-refractivity contribution in [3.05, 3.63) is 30.1 Å². The number of carbonyl (C=O) groups is 1. The fraction of sp³-hybridized carbons (Fsp3) is 0.526. The van der Waals surface area contributed by atoms with Gasteiger partial charge in [0.15, 0.2) is 0 Å². The van der Waals surface area contributed by atoms with Crippen LogP contribution in [0.15, 0.2) is 24.5 Å². The lowest BCUT2D eigenvalue weighted by Gasteiger charge is -2.19. The number of hydrogen-bond acceptors (Lipinski definition) is 4. The van der Waals surface area contributed by atoms with Gasteiger partial charge in [0, 0.05) is 36.8 Å². The number of aromatic amines is 1. The van der Waals surface area contributed by atoms with Crippen molar-refractivity contribution < 1.29 is 4.79 Å². The van der Waals surface area contributed by atoms with Crippen LogP contribution in [0, 0.1) is 5.92 Å². The van der Waals surface area contributed by atoms with Gasteiger partial charge in [0.1, 0.15) is 5.82 Å². The zero-order chi connectivity index (χ0) is 18.4. The fourth-order valence-electron chi connectivity index (χ4n) is 2.71. The normalized spacial score (nSPS) is 11.3. The van der Waals surface area contributed by atoms with Crippen molar-refractivity contribution in [2.45, 2.75) is 40.2 Å². The topological polar surface area (TPSA) is 65.1 Å². The summed E-state index contributed by atoms with van der Waals surface area (Å²) in [6.07, 6.45) is 6.05. The molecular weight excluding hydrogens is 314 g/mol. The highest BCUT2D eigenvalue weighted by Gasteiger charge is 2.16. The van der Waals surface area contributed by atoms with E-state index in [1.54, 1.807) is 18.1 Å². The van der Waals surface area contributed by atoms with Gasteiger partial charge in [0.2, 0.25) is 5.91 Å². The highest BCUT2D eigenvalue weighted by atomic mass is 16.2. The Kier molecular flexibility index (Phi) is 6.70. The van der Waals surface area contributed by atoms with Gasteiger partial charge < -0.3 is 4.90 Å². The second-order valence-electron chi connectivity index (χ2n) is 6.82. The molecule has 1 N–H and O–H groups in total. The molecule has 0 aliphatic carbocycles. The van der Waals surface area contributed by atoms with Crippen LogP contribution in [0.5, 0.6) is 0 Å². The Labute approximate surface area is 150 Å². The maximum atomic E-state index is 12.1. The molecule has 0 aliphatic rings. The maximum Gasteiger partial charge on any atom is 0.230 e. The van der Waals surface area contributed by atoms with Crippen molar-refractivity contribution in [2.75, 3.05) is 25.5 Å². The molecule has 0 saturated carbocycles.